The third-order valence-corrected chi connectivity index (χ3v) is 7.71. The Bertz CT molecular complexity index is 1010. The van der Waals surface area contributed by atoms with Crippen LogP contribution in [0.5, 0.6) is 0 Å². The molecule has 8 nitrogen and oxygen atoms in total. The Kier molecular flexibility index (Phi) is 6.18. The number of thiazole rings is 1. The van der Waals surface area contributed by atoms with Gasteiger partial charge < -0.3 is 10.0 Å². The van der Waals surface area contributed by atoms with Crippen LogP contribution in [0.1, 0.15) is 17.1 Å². The van der Waals surface area contributed by atoms with Crippen molar-refractivity contribution in [3.63, 3.8) is 0 Å². The minimum absolute atomic E-state index is 0.00429. The molecule has 1 aliphatic rings. The monoisotopic (exact) mass is 464 g/mol. The first kappa shape index (κ1) is 22.6. The van der Waals surface area contributed by atoms with Crippen LogP contribution >= 0.6 is 11.3 Å². The molecule has 164 valence electrons. The molecule has 1 atom stereocenters. The molecule has 0 aromatic carbocycles. The lowest BCUT2D eigenvalue weighted by Gasteiger charge is -2.36. The Hall–Kier alpha value is -2.09. The van der Waals surface area contributed by atoms with Crippen LogP contribution in [0.2, 0.25) is 0 Å². The zero-order chi connectivity index (χ0) is 22.2. The highest BCUT2D eigenvalue weighted by Crippen LogP contribution is 2.43. The molecule has 0 aliphatic carbocycles. The number of rotatable bonds is 5. The molecule has 3 heterocycles. The molecule has 1 amide bonds. The maximum Gasteiger partial charge on any atom is 0.424 e. The van der Waals surface area contributed by atoms with Gasteiger partial charge in [0.25, 0.3) is 0 Å². The Labute approximate surface area is 175 Å². The first-order valence-electron chi connectivity index (χ1n) is 8.85. The maximum atomic E-state index is 13.6. The van der Waals surface area contributed by atoms with Gasteiger partial charge in [0.1, 0.15) is 9.90 Å². The van der Waals surface area contributed by atoms with Crippen LogP contribution in [-0.2, 0) is 20.4 Å². The Morgan fingerprint density at radius 1 is 1.27 bits per heavy atom. The molecule has 13 heteroatoms. The fraction of sp³-hybridized carbons (Fsp3) is 0.471. The quantitative estimate of drug-likeness (QED) is 0.720. The van der Waals surface area contributed by atoms with E-state index in [-0.39, 0.29) is 31.1 Å². The van der Waals surface area contributed by atoms with Crippen molar-refractivity contribution >= 4 is 27.3 Å². The number of amides is 1. The summed E-state index contributed by atoms with van der Waals surface area (Å²) in [4.78, 5) is 21.1. The van der Waals surface area contributed by atoms with Gasteiger partial charge in [0, 0.05) is 49.6 Å². The number of aromatic nitrogens is 2. The summed E-state index contributed by atoms with van der Waals surface area (Å²) in [6.07, 6.45) is -3.69. The predicted molar refractivity (Wildman–Crippen MR) is 101 cm³/mol. The highest BCUT2D eigenvalue weighted by atomic mass is 32.2. The van der Waals surface area contributed by atoms with Crippen molar-refractivity contribution in [2.75, 3.05) is 26.2 Å². The van der Waals surface area contributed by atoms with E-state index >= 15 is 0 Å². The predicted octanol–water partition coefficient (Wildman–Crippen LogP) is 1.52. The number of sulfonamides is 1. The van der Waals surface area contributed by atoms with E-state index in [4.69, 9.17) is 0 Å². The van der Waals surface area contributed by atoms with E-state index in [2.05, 4.69) is 9.97 Å². The number of aryl methyl sites for hydroxylation is 1. The Morgan fingerprint density at radius 2 is 1.93 bits per heavy atom. The number of halogens is 3. The van der Waals surface area contributed by atoms with E-state index in [1.54, 1.807) is 0 Å². The molecule has 0 saturated carbocycles. The number of carbonyl (C=O) groups is 1. The number of nitrogens with zero attached hydrogens (tertiary/aromatic N) is 4. The zero-order valence-electron chi connectivity index (χ0n) is 15.8. The second kappa shape index (κ2) is 8.21. The molecule has 2 aromatic rings. The molecule has 30 heavy (non-hydrogen) atoms. The van der Waals surface area contributed by atoms with Gasteiger partial charge in [-0.15, -0.1) is 11.3 Å². The lowest BCUT2D eigenvalue weighted by Crippen LogP contribution is -2.53. The van der Waals surface area contributed by atoms with Crippen molar-refractivity contribution in [2.45, 2.75) is 30.0 Å². The molecule has 0 spiro atoms. The smallest absolute Gasteiger partial charge is 0.374 e. The van der Waals surface area contributed by atoms with Gasteiger partial charge in [0.15, 0.2) is 0 Å². The van der Waals surface area contributed by atoms with Crippen molar-refractivity contribution in [3.8, 4) is 0 Å². The van der Waals surface area contributed by atoms with Crippen LogP contribution in [0.15, 0.2) is 34.8 Å². The van der Waals surface area contributed by atoms with Gasteiger partial charge >= 0.3 is 6.18 Å². The van der Waals surface area contributed by atoms with Crippen LogP contribution in [0.4, 0.5) is 13.2 Å². The summed E-state index contributed by atoms with van der Waals surface area (Å²) in [5, 5.41) is 11.1. The number of hydrogen-bond acceptors (Lipinski definition) is 7. The number of aliphatic hydroxyl groups is 1. The first-order chi connectivity index (χ1) is 13.9. The summed E-state index contributed by atoms with van der Waals surface area (Å²) in [5.41, 5.74) is -3.10. The number of carbonyl (C=O) groups excluding carboxylic acids is 1. The largest absolute Gasteiger partial charge is 0.424 e. The summed E-state index contributed by atoms with van der Waals surface area (Å²) in [7, 11) is -3.81. The summed E-state index contributed by atoms with van der Waals surface area (Å²) >= 11 is 0.628. The SMILES string of the molecule is Cc1csc(C(O)(CC(=O)N2CCN(S(=O)(=O)c3cccnc3)CC2)C(F)(F)F)n1. The van der Waals surface area contributed by atoms with Gasteiger partial charge in [-0.3, -0.25) is 9.78 Å². The molecule has 1 unspecified atom stereocenters. The van der Waals surface area contributed by atoms with Crippen LogP contribution in [0.25, 0.3) is 0 Å². The lowest BCUT2D eigenvalue weighted by atomic mass is 9.98. The summed E-state index contributed by atoms with van der Waals surface area (Å²) in [6.45, 7) is 1.14. The summed E-state index contributed by atoms with van der Waals surface area (Å²) in [6, 6.07) is 2.87. The second-order valence-electron chi connectivity index (χ2n) is 6.80. The zero-order valence-corrected chi connectivity index (χ0v) is 17.5. The lowest BCUT2D eigenvalue weighted by molar-refractivity contribution is -0.268. The molecule has 1 N–H and O–H groups in total. The normalized spacial score (nSPS) is 18.2. The van der Waals surface area contributed by atoms with Crippen molar-refractivity contribution in [1.29, 1.82) is 0 Å². The van der Waals surface area contributed by atoms with E-state index in [1.807, 2.05) is 0 Å². The molecule has 1 fully saturated rings. The van der Waals surface area contributed by atoms with Crippen LogP contribution in [-0.4, -0.2) is 71.0 Å². The average Bonchev–Trinajstić information content (AvgIpc) is 3.14. The number of hydrogen-bond donors (Lipinski definition) is 1. The number of alkyl halides is 3. The van der Waals surface area contributed by atoms with Gasteiger partial charge in [-0.2, -0.15) is 17.5 Å². The van der Waals surface area contributed by atoms with Crippen molar-refractivity contribution in [1.82, 2.24) is 19.2 Å². The molecular formula is C17H19F3N4O4S2. The topological polar surface area (TPSA) is 104 Å². The number of piperazine rings is 1. The number of pyridine rings is 1. The third kappa shape index (κ3) is 4.33. The Balaban J connectivity index is 1.70. The van der Waals surface area contributed by atoms with Gasteiger partial charge in [-0.25, -0.2) is 13.4 Å². The first-order valence-corrected chi connectivity index (χ1v) is 11.2. The van der Waals surface area contributed by atoms with Gasteiger partial charge in [-0.05, 0) is 19.1 Å². The van der Waals surface area contributed by atoms with E-state index < -0.39 is 39.1 Å². The second-order valence-corrected chi connectivity index (χ2v) is 9.60. The minimum Gasteiger partial charge on any atom is -0.374 e. The third-order valence-electron chi connectivity index (χ3n) is 4.71. The van der Waals surface area contributed by atoms with Gasteiger partial charge in [0.2, 0.25) is 21.5 Å². The highest BCUT2D eigenvalue weighted by Gasteiger charge is 2.58. The molecule has 2 aromatic heterocycles. The molecule has 1 aliphatic heterocycles. The maximum absolute atomic E-state index is 13.6. The molecule has 0 radical (unpaired) electrons. The van der Waals surface area contributed by atoms with Gasteiger partial charge in [-0.1, -0.05) is 0 Å². The average molecular weight is 464 g/mol. The molecular weight excluding hydrogens is 445 g/mol. The summed E-state index contributed by atoms with van der Waals surface area (Å²) < 4.78 is 67.1. The molecule has 3 rings (SSSR count). The van der Waals surface area contributed by atoms with Crippen LogP contribution in [0, 0.1) is 6.92 Å². The Morgan fingerprint density at radius 3 is 2.43 bits per heavy atom. The minimum atomic E-state index is -5.10. The van der Waals surface area contributed by atoms with Gasteiger partial charge in [0.05, 0.1) is 6.42 Å². The van der Waals surface area contributed by atoms with Crippen LogP contribution in [0.3, 0.4) is 0 Å². The standard InChI is InChI=1S/C17H19F3N4O4S2/c1-12-11-29-15(22-12)16(26,17(18,19)20)9-14(25)23-5-7-24(8-6-23)30(27,28)13-3-2-4-21-10-13/h2-4,10-11,26H,5-9H2,1H3. The summed E-state index contributed by atoms with van der Waals surface area (Å²) in [5.74, 6) is -0.930. The molecule has 0 bridgehead atoms. The van der Waals surface area contributed by atoms with E-state index in [0.717, 1.165) is 9.21 Å². The van der Waals surface area contributed by atoms with E-state index in [0.29, 0.717) is 17.0 Å². The molecule has 1 saturated heterocycles. The van der Waals surface area contributed by atoms with Crippen LogP contribution < -0.4 is 0 Å². The van der Waals surface area contributed by atoms with Crippen molar-refractivity contribution in [3.05, 3.63) is 40.6 Å². The fourth-order valence-electron chi connectivity index (χ4n) is 3.00. The fourth-order valence-corrected chi connectivity index (χ4v) is 5.30. The van der Waals surface area contributed by atoms with Crippen molar-refractivity contribution in [2.24, 2.45) is 0 Å². The highest BCUT2D eigenvalue weighted by molar-refractivity contribution is 7.89. The van der Waals surface area contributed by atoms with Crippen molar-refractivity contribution < 1.29 is 31.5 Å². The van der Waals surface area contributed by atoms with E-state index in [1.165, 1.54) is 36.8 Å². The van der Waals surface area contributed by atoms with E-state index in [9.17, 15) is 31.5 Å².